The molecule has 0 radical (unpaired) electrons. The van der Waals surface area contributed by atoms with E-state index in [4.69, 9.17) is 0 Å². The molecule has 0 heterocycles. The van der Waals surface area contributed by atoms with Crippen LogP contribution >= 0.6 is 0 Å². The van der Waals surface area contributed by atoms with Gasteiger partial charge in [0.05, 0.1) is 19.1 Å². The minimum atomic E-state index is -0.358. The number of aliphatic hydroxyl groups excluding tert-OH is 1. The van der Waals surface area contributed by atoms with E-state index in [9.17, 15) is 9.90 Å². The van der Waals surface area contributed by atoms with Crippen LogP contribution in [0.15, 0.2) is 48.5 Å². The van der Waals surface area contributed by atoms with E-state index in [2.05, 4.69) is 5.32 Å². The molecule has 2 rings (SSSR count). The van der Waals surface area contributed by atoms with Crippen LogP contribution in [0.1, 0.15) is 28.3 Å². The second-order valence-electron chi connectivity index (χ2n) is 5.32. The van der Waals surface area contributed by atoms with Crippen LogP contribution in [0, 0.1) is 13.8 Å². The molecule has 1 amide bonds. The molecule has 21 heavy (non-hydrogen) atoms. The Bertz CT molecular complexity index is 608. The minimum absolute atomic E-state index is 0.0772. The maximum absolute atomic E-state index is 12.2. The lowest BCUT2D eigenvalue weighted by Gasteiger charge is -2.17. The lowest BCUT2D eigenvalue weighted by molar-refractivity contribution is -0.121. The Morgan fingerprint density at radius 3 is 2.52 bits per heavy atom. The van der Waals surface area contributed by atoms with Gasteiger partial charge in [0.2, 0.25) is 5.91 Å². The van der Waals surface area contributed by atoms with Crippen molar-refractivity contribution in [1.29, 1.82) is 0 Å². The van der Waals surface area contributed by atoms with E-state index in [0.717, 1.165) is 22.3 Å². The zero-order valence-corrected chi connectivity index (χ0v) is 12.5. The number of nitrogens with one attached hydrogen (secondary N) is 1. The fraction of sp³-hybridized carbons (Fsp3) is 0.278. The first-order valence-corrected chi connectivity index (χ1v) is 7.11. The highest BCUT2D eigenvalue weighted by Crippen LogP contribution is 2.14. The van der Waals surface area contributed by atoms with E-state index in [0.29, 0.717) is 6.42 Å². The first-order valence-electron chi connectivity index (χ1n) is 7.11. The Balaban J connectivity index is 2.05. The predicted octanol–water partition coefficient (Wildman–Crippen LogP) is 2.70. The quantitative estimate of drug-likeness (QED) is 0.886. The largest absolute Gasteiger partial charge is 0.394 e. The van der Waals surface area contributed by atoms with Crippen molar-refractivity contribution >= 4 is 5.91 Å². The summed E-state index contributed by atoms with van der Waals surface area (Å²) in [6, 6.07) is 15.3. The molecule has 110 valence electrons. The van der Waals surface area contributed by atoms with Gasteiger partial charge in [0.1, 0.15) is 0 Å². The number of amides is 1. The highest BCUT2D eigenvalue weighted by molar-refractivity contribution is 5.79. The number of aliphatic hydroxyl groups is 1. The van der Waals surface area contributed by atoms with Gasteiger partial charge in [0, 0.05) is 0 Å². The molecule has 0 aliphatic carbocycles. The van der Waals surface area contributed by atoms with Crippen molar-refractivity contribution in [3.63, 3.8) is 0 Å². The molecular weight excluding hydrogens is 262 g/mol. The summed E-state index contributed by atoms with van der Waals surface area (Å²) in [6.45, 7) is 3.91. The van der Waals surface area contributed by atoms with Crippen LogP contribution in [0.3, 0.4) is 0 Å². The van der Waals surface area contributed by atoms with E-state index in [1.807, 2.05) is 62.4 Å². The van der Waals surface area contributed by atoms with E-state index in [-0.39, 0.29) is 18.6 Å². The van der Waals surface area contributed by atoms with Gasteiger partial charge in [-0.2, -0.15) is 0 Å². The van der Waals surface area contributed by atoms with E-state index < -0.39 is 0 Å². The number of hydrogen-bond acceptors (Lipinski definition) is 2. The van der Waals surface area contributed by atoms with Gasteiger partial charge in [-0.3, -0.25) is 4.79 Å². The van der Waals surface area contributed by atoms with Crippen LogP contribution in [0.2, 0.25) is 0 Å². The highest BCUT2D eigenvalue weighted by Gasteiger charge is 2.14. The van der Waals surface area contributed by atoms with Crippen LogP contribution in [0.4, 0.5) is 0 Å². The molecule has 0 aliphatic heterocycles. The predicted molar refractivity (Wildman–Crippen MR) is 84.0 cm³/mol. The van der Waals surface area contributed by atoms with Crippen LogP contribution in [0.5, 0.6) is 0 Å². The molecule has 0 spiro atoms. The molecule has 3 heteroatoms. The molecule has 2 N–H and O–H groups in total. The van der Waals surface area contributed by atoms with Crippen molar-refractivity contribution in [3.8, 4) is 0 Å². The van der Waals surface area contributed by atoms with Gasteiger partial charge in [-0.1, -0.05) is 54.1 Å². The summed E-state index contributed by atoms with van der Waals surface area (Å²) < 4.78 is 0. The monoisotopic (exact) mass is 283 g/mol. The van der Waals surface area contributed by atoms with Crippen molar-refractivity contribution in [1.82, 2.24) is 5.32 Å². The van der Waals surface area contributed by atoms with Crippen molar-refractivity contribution in [2.24, 2.45) is 0 Å². The fourth-order valence-corrected chi connectivity index (χ4v) is 2.33. The van der Waals surface area contributed by atoms with Crippen molar-refractivity contribution in [3.05, 3.63) is 70.8 Å². The van der Waals surface area contributed by atoms with E-state index in [1.54, 1.807) is 0 Å². The topological polar surface area (TPSA) is 49.3 Å². The average Bonchev–Trinajstić information content (AvgIpc) is 2.49. The molecule has 0 aromatic heterocycles. The number of carbonyl (C=O) groups is 1. The third-order valence-corrected chi connectivity index (χ3v) is 3.58. The van der Waals surface area contributed by atoms with Gasteiger partial charge in [-0.25, -0.2) is 0 Å². The lowest BCUT2D eigenvalue weighted by atomic mass is 10.0. The maximum atomic E-state index is 12.2. The Kier molecular flexibility index (Phi) is 5.12. The molecule has 0 saturated heterocycles. The second-order valence-corrected chi connectivity index (χ2v) is 5.32. The molecule has 0 fully saturated rings. The minimum Gasteiger partial charge on any atom is -0.394 e. The molecule has 0 unspecified atom stereocenters. The van der Waals surface area contributed by atoms with Gasteiger partial charge in [-0.15, -0.1) is 0 Å². The molecule has 0 bridgehead atoms. The number of aryl methyl sites for hydroxylation is 2. The Hall–Kier alpha value is -2.13. The van der Waals surface area contributed by atoms with Crippen molar-refractivity contribution < 1.29 is 9.90 Å². The SMILES string of the molecule is Cc1ccc(C)c(CC(=O)N[C@@H](CO)c2ccccc2)c1. The zero-order chi connectivity index (χ0) is 15.2. The smallest absolute Gasteiger partial charge is 0.224 e. The molecule has 2 aromatic carbocycles. The van der Waals surface area contributed by atoms with Crippen LogP contribution in [-0.4, -0.2) is 17.6 Å². The maximum Gasteiger partial charge on any atom is 0.224 e. The van der Waals surface area contributed by atoms with E-state index >= 15 is 0 Å². The second kappa shape index (κ2) is 7.04. The summed E-state index contributed by atoms with van der Waals surface area (Å²) in [5, 5.41) is 12.4. The molecular formula is C18H21NO2. The van der Waals surface area contributed by atoms with Gasteiger partial charge in [0.25, 0.3) is 0 Å². The standard InChI is InChI=1S/C18H21NO2/c1-13-8-9-14(2)16(10-13)11-18(21)19-17(12-20)15-6-4-3-5-7-15/h3-10,17,20H,11-12H2,1-2H3,(H,19,21)/t17-/m0/s1. The summed E-state index contributed by atoms with van der Waals surface area (Å²) in [5.74, 6) is -0.0772. The highest BCUT2D eigenvalue weighted by atomic mass is 16.3. The van der Waals surface area contributed by atoms with Gasteiger partial charge < -0.3 is 10.4 Å². The third-order valence-electron chi connectivity index (χ3n) is 3.58. The Labute approximate surface area is 125 Å². The Morgan fingerprint density at radius 2 is 1.86 bits per heavy atom. The fourth-order valence-electron chi connectivity index (χ4n) is 2.33. The average molecular weight is 283 g/mol. The molecule has 2 aromatic rings. The molecule has 0 saturated carbocycles. The van der Waals surface area contributed by atoms with E-state index in [1.165, 1.54) is 0 Å². The summed E-state index contributed by atoms with van der Waals surface area (Å²) in [4.78, 5) is 12.2. The molecule has 1 atom stereocenters. The third kappa shape index (κ3) is 4.17. The van der Waals surface area contributed by atoms with Gasteiger partial charge in [-0.05, 0) is 30.5 Å². The molecule has 0 aliphatic rings. The first kappa shape index (κ1) is 15.3. The first-order chi connectivity index (χ1) is 10.1. The normalized spacial score (nSPS) is 12.0. The Morgan fingerprint density at radius 1 is 1.14 bits per heavy atom. The van der Waals surface area contributed by atoms with Crippen LogP contribution < -0.4 is 5.32 Å². The van der Waals surface area contributed by atoms with Crippen molar-refractivity contribution in [2.45, 2.75) is 26.3 Å². The van der Waals surface area contributed by atoms with Crippen molar-refractivity contribution in [2.75, 3.05) is 6.61 Å². The molecule has 3 nitrogen and oxygen atoms in total. The summed E-state index contributed by atoms with van der Waals surface area (Å²) in [7, 11) is 0. The number of rotatable bonds is 5. The number of benzene rings is 2. The summed E-state index contributed by atoms with van der Waals surface area (Å²) in [5.41, 5.74) is 4.19. The summed E-state index contributed by atoms with van der Waals surface area (Å²) in [6.07, 6.45) is 0.330. The summed E-state index contributed by atoms with van der Waals surface area (Å²) >= 11 is 0. The number of carbonyl (C=O) groups excluding carboxylic acids is 1. The number of hydrogen-bond donors (Lipinski definition) is 2. The van der Waals surface area contributed by atoms with Gasteiger partial charge in [0.15, 0.2) is 0 Å². The van der Waals surface area contributed by atoms with Crippen LogP contribution in [0.25, 0.3) is 0 Å². The van der Waals surface area contributed by atoms with Gasteiger partial charge >= 0.3 is 0 Å². The lowest BCUT2D eigenvalue weighted by Crippen LogP contribution is -2.32. The van der Waals surface area contributed by atoms with Crippen LogP contribution in [-0.2, 0) is 11.2 Å². The zero-order valence-electron chi connectivity index (χ0n) is 12.5.